The molecule has 3 rings (SSSR count). The Morgan fingerprint density at radius 1 is 1.21 bits per heavy atom. The smallest absolute Gasteiger partial charge is 0.229 e. The molecule has 24 heavy (non-hydrogen) atoms. The number of halogens is 1. The highest BCUT2D eigenvalue weighted by molar-refractivity contribution is 5.96. The van der Waals surface area contributed by atoms with Gasteiger partial charge in [-0.1, -0.05) is 24.3 Å². The molecule has 1 atom stereocenters. The fourth-order valence-corrected chi connectivity index (χ4v) is 2.93. The fourth-order valence-electron chi connectivity index (χ4n) is 2.93. The predicted molar refractivity (Wildman–Crippen MR) is 90.2 cm³/mol. The predicted octanol–water partition coefficient (Wildman–Crippen LogP) is 2.60. The van der Waals surface area contributed by atoms with Crippen LogP contribution < -0.4 is 10.2 Å². The van der Waals surface area contributed by atoms with Gasteiger partial charge in [0.15, 0.2) is 0 Å². The molecule has 1 fully saturated rings. The monoisotopic (exact) mass is 326 g/mol. The first-order valence-electron chi connectivity index (χ1n) is 7.93. The molecule has 2 aromatic carbocycles. The van der Waals surface area contributed by atoms with Crippen LogP contribution >= 0.6 is 0 Å². The molecule has 1 heterocycles. The van der Waals surface area contributed by atoms with Crippen molar-refractivity contribution in [2.24, 2.45) is 0 Å². The van der Waals surface area contributed by atoms with Gasteiger partial charge in [0.05, 0.1) is 12.5 Å². The Labute approximate surface area is 140 Å². The van der Waals surface area contributed by atoms with E-state index in [9.17, 15) is 14.0 Å². The molecule has 2 aromatic rings. The number of aryl methyl sites for hydroxylation is 1. The van der Waals surface area contributed by atoms with Gasteiger partial charge >= 0.3 is 0 Å². The van der Waals surface area contributed by atoms with Crippen molar-refractivity contribution >= 4 is 17.5 Å². The lowest BCUT2D eigenvalue weighted by atomic mass is 10.1. The highest BCUT2D eigenvalue weighted by atomic mass is 19.1. The Bertz CT molecular complexity index is 758. The van der Waals surface area contributed by atoms with Crippen LogP contribution in [0.4, 0.5) is 10.1 Å². The number of hydrogen-bond donors (Lipinski definition) is 1. The zero-order valence-corrected chi connectivity index (χ0v) is 13.5. The third kappa shape index (κ3) is 3.62. The zero-order valence-electron chi connectivity index (χ0n) is 13.5. The maximum absolute atomic E-state index is 13.0. The van der Waals surface area contributed by atoms with Gasteiger partial charge in [0.25, 0.3) is 0 Å². The maximum atomic E-state index is 13.0. The minimum absolute atomic E-state index is 0.0669. The quantitative estimate of drug-likeness (QED) is 0.939. The number of rotatable bonds is 4. The van der Waals surface area contributed by atoms with E-state index in [1.807, 2.05) is 31.2 Å². The number of hydrogen-bond acceptors (Lipinski definition) is 2. The van der Waals surface area contributed by atoms with Gasteiger partial charge in [-0.3, -0.25) is 9.59 Å². The average Bonchev–Trinajstić information content (AvgIpc) is 2.90. The lowest BCUT2D eigenvalue weighted by molar-refractivity contribution is -0.121. The Hall–Kier alpha value is -2.69. The standard InChI is InChI=1S/C19H19FN2O2/c1-13-4-2-3-5-14(13)10-18(23)21-16-11-19(24)22(12-16)17-8-6-15(20)7-9-17/h2-9,16H,10-12H2,1H3,(H,21,23). The lowest BCUT2D eigenvalue weighted by Crippen LogP contribution is -2.38. The van der Waals surface area contributed by atoms with Crippen LogP contribution in [0.25, 0.3) is 0 Å². The van der Waals surface area contributed by atoms with Gasteiger partial charge in [-0.05, 0) is 42.3 Å². The first kappa shape index (κ1) is 16.2. The van der Waals surface area contributed by atoms with Crippen LogP contribution in [0.1, 0.15) is 17.5 Å². The van der Waals surface area contributed by atoms with Gasteiger partial charge in [-0.2, -0.15) is 0 Å². The summed E-state index contributed by atoms with van der Waals surface area (Å²) in [5.74, 6) is -0.501. The molecule has 0 radical (unpaired) electrons. The molecule has 1 N–H and O–H groups in total. The van der Waals surface area contributed by atoms with Gasteiger partial charge in [-0.15, -0.1) is 0 Å². The largest absolute Gasteiger partial charge is 0.351 e. The van der Waals surface area contributed by atoms with Crippen LogP contribution in [0.2, 0.25) is 0 Å². The van der Waals surface area contributed by atoms with Crippen molar-refractivity contribution in [2.45, 2.75) is 25.8 Å². The summed E-state index contributed by atoms with van der Waals surface area (Å²) >= 11 is 0. The van der Waals surface area contributed by atoms with E-state index in [-0.39, 0.29) is 30.1 Å². The zero-order chi connectivity index (χ0) is 17.1. The van der Waals surface area contributed by atoms with E-state index < -0.39 is 0 Å². The molecule has 0 spiro atoms. The Morgan fingerprint density at radius 3 is 2.62 bits per heavy atom. The number of carbonyl (C=O) groups excluding carboxylic acids is 2. The Balaban J connectivity index is 1.61. The molecular formula is C19H19FN2O2. The second-order valence-corrected chi connectivity index (χ2v) is 6.05. The van der Waals surface area contributed by atoms with Crippen LogP contribution in [0.3, 0.4) is 0 Å². The Kier molecular flexibility index (Phi) is 4.60. The highest BCUT2D eigenvalue weighted by Gasteiger charge is 2.31. The van der Waals surface area contributed by atoms with Crippen molar-refractivity contribution < 1.29 is 14.0 Å². The third-order valence-corrected chi connectivity index (χ3v) is 4.24. The molecular weight excluding hydrogens is 307 g/mol. The molecule has 0 bridgehead atoms. The molecule has 0 aliphatic carbocycles. The van der Waals surface area contributed by atoms with E-state index in [0.717, 1.165) is 11.1 Å². The third-order valence-electron chi connectivity index (χ3n) is 4.24. The van der Waals surface area contributed by atoms with E-state index in [2.05, 4.69) is 5.32 Å². The number of carbonyl (C=O) groups is 2. The summed E-state index contributed by atoms with van der Waals surface area (Å²) < 4.78 is 13.0. The number of nitrogens with zero attached hydrogens (tertiary/aromatic N) is 1. The molecule has 1 saturated heterocycles. The molecule has 2 amide bonds. The number of amides is 2. The molecule has 5 heteroatoms. The van der Waals surface area contributed by atoms with E-state index in [0.29, 0.717) is 18.7 Å². The van der Waals surface area contributed by atoms with Gasteiger partial charge < -0.3 is 10.2 Å². The van der Waals surface area contributed by atoms with Crippen LogP contribution in [0.15, 0.2) is 48.5 Å². The van der Waals surface area contributed by atoms with E-state index in [4.69, 9.17) is 0 Å². The second kappa shape index (κ2) is 6.83. The molecule has 4 nitrogen and oxygen atoms in total. The molecule has 1 aliphatic rings. The van der Waals surface area contributed by atoms with Gasteiger partial charge in [0.1, 0.15) is 5.82 Å². The van der Waals surface area contributed by atoms with Crippen molar-refractivity contribution in [1.82, 2.24) is 5.32 Å². The summed E-state index contributed by atoms with van der Waals surface area (Å²) in [6, 6.07) is 13.3. The normalized spacial score (nSPS) is 17.2. The molecule has 1 unspecified atom stereocenters. The summed E-state index contributed by atoms with van der Waals surface area (Å²) in [7, 11) is 0. The first-order chi connectivity index (χ1) is 11.5. The maximum Gasteiger partial charge on any atom is 0.229 e. The van der Waals surface area contributed by atoms with E-state index in [1.165, 1.54) is 12.1 Å². The number of nitrogens with one attached hydrogen (secondary N) is 1. The first-order valence-corrected chi connectivity index (χ1v) is 7.93. The minimum atomic E-state index is -0.339. The van der Waals surface area contributed by atoms with Crippen molar-refractivity contribution in [3.05, 3.63) is 65.5 Å². The summed E-state index contributed by atoms with van der Waals surface area (Å²) in [5, 5.41) is 2.92. The molecule has 1 aliphatic heterocycles. The molecule has 0 aromatic heterocycles. The number of anilines is 1. The second-order valence-electron chi connectivity index (χ2n) is 6.05. The summed E-state index contributed by atoms with van der Waals surface area (Å²) in [6.07, 6.45) is 0.560. The van der Waals surface area contributed by atoms with E-state index >= 15 is 0 Å². The SMILES string of the molecule is Cc1ccccc1CC(=O)NC1CC(=O)N(c2ccc(F)cc2)C1. The van der Waals surface area contributed by atoms with Gasteiger partial charge in [0.2, 0.25) is 11.8 Å². The van der Waals surface area contributed by atoms with Crippen molar-refractivity contribution in [2.75, 3.05) is 11.4 Å². The average molecular weight is 326 g/mol. The molecule has 124 valence electrons. The van der Waals surface area contributed by atoms with E-state index in [1.54, 1.807) is 17.0 Å². The highest BCUT2D eigenvalue weighted by Crippen LogP contribution is 2.22. The van der Waals surface area contributed by atoms with Crippen LogP contribution in [-0.4, -0.2) is 24.4 Å². The van der Waals surface area contributed by atoms with Gasteiger partial charge in [0, 0.05) is 18.7 Å². The van der Waals surface area contributed by atoms with Crippen molar-refractivity contribution in [1.29, 1.82) is 0 Å². The number of benzene rings is 2. The minimum Gasteiger partial charge on any atom is -0.351 e. The van der Waals surface area contributed by atoms with Gasteiger partial charge in [-0.25, -0.2) is 4.39 Å². The summed E-state index contributed by atoms with van der Waals surface area (Å²) in [4.78, 5) is 26.0. The summed E-state index contributed by atoms with van der Waals surface area (Å²) in [6.45, 7) is 2.38. The molecule has 0 saturated carbocycles. The van der Waals surface area contributed by atoms with Crippen molar-refractivity contribution in [3.63, 3.8) is 0 Å². The van der Waals surface area contributed by atoms with Crippen LogP contribution in [0.5, 0.6) is 0 Å². The lowest BCUT2D eigenvalue weighted by Gasteiger charge is -2.17. The Morgan fingerprint density at radius 2 is 1.92 bits per heavy atom. The van der Waals surface area contributed by atoms with Crippen LogP contribution in [-0.2, 0) is 16.0 Å². The fraction of sp³-hybridized carbons (Fsp3) is 0.263. The summed E-state index contributed by atoms with van der Waals surface area (Å²) in [5.41, 5.74) is 2.70. The van der Waals surface area contributed by atoms with Crippen molar-refractivity contribution in [3.8, 4) is 0 Å². The van der Waals surface area contributed by atoms with Crippen LogP contribution in [0, 0.1) is 12.7 Å². The topological polar surface area (TPSA) is 49.4 Å².